The largest absolute Gasteiger partial charge is 0.356 e. The van der Waals surface area contributed by atoms with Gasteiger partial charge in [0.1, 0.15) is 0 Å². The summed E-state index contributed by atoms with van der Waals surface area (Å²) in [6.45, 7) is 4.67. The van der Waals surface area contributed by atoms with Crippen molar-refractivity contribution in [1.29, 1.82) is 0 Å². The Morgan fingerprint density at radius 3 is 2.76 bits per heavy atom. The second kappa shape index (κ2) is 8.01. The number of hydrogen-bond donors (Lipinski definition) is 1. The first-order valence-corrected chi connectivity index (χ1v) is 7.82. The Morgan fingerprint density at radius 1 is 1.38 bits per heavy atom. The molecule has 1 heterocycles. The highest BCUT2D eigenvalue weighted by atomic mass is 19.1. The van der Waals surface area contributed by atoms with Gasteiger partial charge in [-0.1, -0.05) is 37.3 Å². The molecular weight excluding hydrogens is 265 g/mol. The Kier molecular flexibility index (Phi) is 6.03. The Labute approximate surface area is 127 Å². The number of guanidine groups is 1. The van der Waals surface area contributed by atoms with Gasteiger partial charge in [-0.15, -0.1) is 0 Å². The van der Waals surface area contributed by atoms with E-state index in [1.807, 2.05) is 0 Å². The summed E-state index contributed by atoms with van der Waals surface area (Å²) >= 11 is 0. The van der Waals surface area contributed by atoms with Crippen LogP contribution in [0, 0.1) is 5.92 Å². The first-order chi connectivity index (χ1) is 10.3. The van der Waals surface area contributed by atoms with Gasteiger partial charge >= 0.3 is 0 Å². The van der Waals surface area contributed by atoms with Crippen LogP contribution in [-0.4, -0.2) is 44.2 Å². The van der Waals surface area contributed by atoms with E-state index in [0.29, 0.717) is 24.8 Å². The normalized spacial score (nSPS) is 23.2. The van der Waals surface area contributed by atoms with Gasteiger partial charge in [-0.25, -0.2) is 0 Å². The number of benzene rings is 1. The molecule has 21 heavy (non-hydrogen) atoms. The van der Waals surface area contributed by atoms with Crippen molar-refractivity contribution in [3.8, 4) is 0 Å². The van der Waals surface area contributed by atoms with E-state index in [0.717, 1.165) is 25.5 Å². The number of nitrogens with zero attached hydrogens (tertiary/aromatic N) is 2. The molecule has 0 spiro atoms. The molecule has 1 aliphatic heterocycles. The molecule has 1 aliphatic rings. The molecule has 4 heteroatoms. The summed E-state index contributed by atoms with van der Waals surface area (Å²) in [6.07, 6.45) is 1.67. The monoisotopic (exact) mass is 291 g/mol. The molecule has 2 unspecified atom stereocenters. The SMILES string of the molecule is CN=C(NCCCF)N1CCC(c2ccccc2)C(C)C1. The lowest BCUT2D eigenvalue weighted by Crippen LogP contribution is -2.48. The van der Waals surface area contributed by atoms with Gasteiger partial charge in [-0.05, 0) is 30.2 Å². The van der Waals surface area contributed by atoms with E-state index < -0.39 is 0 Å². The van der Waals surface area contributed by atoms with Gasteiger partial charge < -0.3 is 10.2 Å². The zero-order chi connectivity index (χ0) is 15.1. The van der Waals surface area contributed by atoms with Crippen molar-refractivity contribution in [2.24, 2.45) is 10.9 Å². The molecule has 1 aromatic carbocycles. The quantitative estimate of drug-likeness (QED) is 0.524. The number of halogens is 1. The first-order valence-electron chi connectivity index (χ1n) is 7.82. The number of likely N-dealkylation sites (tertiary alicyclic amines) is 1. The van der Waals surface area contributed by atoms with Gasteiger partial charge in [0.2, 0.25) is 0 Å². The van der Waals surface area contributed by atoms with Crippen molar-refractivity contribution in [3.05, 3.63) is 35.9 Å². The topological polar surface area (TPSA) is 27.6 Å². The molecule has 0 amide bonds. The average Bonchev–Trinajstić information content (AvgIpc) is 2.52. The van der Waals surface area contributed by atoms with E-state index in [1.165, 1.54) is 5.56 Å². The second-order valence-corrected chi connectivity index (χ2v) is 5.75. The molecule has 0 radical (unpaired) electrons. The highest BCUT2D eigenvalue weighted by Gasteiger charge is 2.28. The number of piperidine rings is 1. The second-order valence-electron chi connectivity index (χ2n) is 5.75. The minimum Gasteiger partial charge on any atom is -0.356 e. The van der Waals surface area contributed by atoms with Crippen LogP contribution in [0.25, 0.3) is 0 Å². The van der Waals surface area contributed by atoms with Crippen LogP contribution in [0.2, 0.25) is 0 Å². The number of nitrogens with one attached hydrogen (secondary N) is 1. The number of hydrogen-bond acceptors (Lipinski definition) is 1. The molecule has 116 valence electrons. The fourth-order valence-electron chi connectivity index (χ4n) is 3.13. The lowest BCUT2D eigenvalue weighted by molar-refractivity contribution is 0.234. The summed E-state index contributed by atoms with van der Waals surface area (Å²) in [6, 6.07) is 10.8. The first kappa shape index (κ1) is 15.8. The Morgan fingerprint density at radius 2 is 2.14 bits per heavy atom. The lowest BCUT2D eigenvalue weighted by atomic mass is 9.82. The van der Waals surface area contributed by atoms with Crippen molar-refractivity contribution < 1.29 is 4.39 Å². The van der Waals surface area contributed by atoms with Crippen molar-refractivity contribution >= 4 is 5.96 Å². The van der Waals surface area contributed by atoms with Crippen LogP contribution in [0.3, 0.4) is 0 Å². The van der Waals surface area contributed by atoms with Crippen LogP contribution in [0.1, 0.15) is 31.2 Å². The number of alkyl halides is 1. The molecule has 2 atom stereocenters. The van der Waals surface area contributed by atoms with Crippen molar-refractivity contribution in [2.75, 3.05) is 33.4 Å². The van der Waals surface area contributed by atoms with E-state index in [1.54, 1.807) is 7.05 Å². The van der Waals surface area contributed by atoms with E-state index in [2.05, 4.69) is 52.5 Å². The third-order valence-corrected chi connectivity index (χ3v) is 4.24. The van der Waals surface area contributed by atoms with Crippen LogP contribution in [0.15, 0.2) is 35.3 Å². The Balaban J connectivity index is 1.93. The standard InChI is InChI=1S/C17H26FN3/c1-14-13-21(17(19-2)20-11-6-10-18)12-9-16(14)15-7-4-3-5-8-15/h3-5,7-8,14,16H,6,9-13H2,1-2H3,(H,19,20). The predicted molar refractivity (Wildman–Crippen MR) is 86.5 cm³/mol. The third kappa shape index (κ3) is 4.19. The van der Waals surface area contributed by atoms with Gasteiger partial charge in [-0.2, -0.15) is 0 Å². The summed E-state index contributed by atoms with van der Waals surface area (Å²) in [5, 5.41) is 3.25. The fourth-order valence-corrected chi connectivity index (χ4v) is 3.13. The molecule has 1 aromatic rings. The van der Waals surface area contributed by atoms with Gasteiger partial charge in [0.25, 0.3) is 0 Å². The summed E-state index contributed by atoms with van der Waals surface area (Å²) < 4.78 is 12.2. The molecule has 3 nitrogen and oxygen atoms in total. The fraction of sp³-hybridized carbons (Fsp3) is 0.588. The summed E-state index contributed by atoms with van der Waals surface area (Å²) in [7, 11) is 1.80. The van der Waals surface area contributed by atoms with Gasteiger partial charge in [0, 0.05) is 26.7 Å². The Hall–Kier alpha value is -1.58. The molecule has 0 aliphatic carbocycles. The molecule has 0 saturated carbocycles. The average molecular weight is 291 g/mol. The van der Waals surface area contributed by atoms with Gasteiger partial charge in [0.05, 0.1) is 6.67 Å². The van der Waals surface area contributed by atoms with Crippen molar-refractivity contribution in [2.45, 2.75) is 25.7 Å². The van der Waals surface area contributed by atoms with Crippen LogP contribution in [0.5, 0.6) is 0 Å². The van der Waals surface area contributed by atoms with E-state index in [-0.39, 0.29) is 6.67 Å². The lowest BCUT2D eigenvalue weighted by Gasteiger charge is -2.38. The van der Waals surface area contributed by atoms with Crippen LogP contribution < -0.4 is 5.32 Å². The van der Waals surface area contributed by atoms with Crippen LogP contribution in [0.4, 0.5) is 4.39 Å². The molecule has 2 rings (SSSR count). The van der Waals surface area contributed by atoms with E-state index >= 15 is 0 Å². The summed E-state index contributed by atoms with van der Waals surface area (Å²) in [4.78, 5) is 6.62. The maximum absolute atomic E-state index is 12.2. The molecular formula is C17H26FN3. The van der Waals surface area contributed by atoms with Crippen molar-refractivity contribution in [3.63, 3.8) is 0 Å². The zero-order valence-corrected chi connectivity index (χ0v) is 13.1. The molecule has 1 saturated heterocycles. The minimum absolute atomic E-state index is 0.281. The summed E-state index contributed by atoms with van der Waals surface area (Å²) in [5.41, 5.74) is 1.44. The maximum Gasteiger partial charge on any atom is 0.193 e. The van der Waals surface area contributed by atoms with Crippen LogP contribution in [-0.2, 0) is 0 Å². The highest BCUT2D eigenvalue weighted by Crippen LogP contribution is 2.32. The molecule has 0 aromatic heterocycles. The third-order valence-electron chi connectivity index (χ3n) is 4.24. The maximum atomic E-state index is 12.2. The highest BCUT2D eigenvalue weighted by molar-refractivity contribution is 5.80. The van der Waals surface area contributed by atoms with Gasteiger partial charge in [-0.3, -0.25) is 9.38 Å². The minimum atomic E-state index is -0.281. The molecule has 0 bridgehead atoms. The summed E-state index contributed by atoms with van der Waals surface area (Å²) in [5.74, 6) is 2.11. The number of aliphatic imine (C=N–C) groups is 1. The van der Waals surface area contributed by atoms with E-state index in [9.17, 15) is 4.39 Å². The molecule has 1 fully saturated rings. The van der Waals surface area contributed by atoms with E-state index in [4.69, 9.17) is 0 Å². The number of rotatable bonds is 4. The molecule has 1 N–H and O–H groups in total. The van der Waals surface area contributed by atoms with Crippen LogP contribution >= 0.6 is 0 Å². The van der Waals surface area contributed by atoms with Gasteiger partial charge in [0.15, 0.2) is 5.96 Å². The smallest absolute Gasteiger partial charge is 0.193 e. The zero-order valence-electron chi connectivity index (χ0n) is 13.1. The predicted octanol–water partition coefficient (Wildman–Crippen LogP) is 3.05. The Bertz CT molecular complexity index is 447. The van der Waals surface area contributed by atoms with Crippen molar-refractivity contribution in [1.82, 2.24) is 10.2 Å².